The average Bonchev–Trinajstić information content (AvgIpc) is 3.49. The van der Waals surface area contributed by atoms with Crippen LogP contribution in [0, 0.1) is 0 Å². The number of carbonyl (C=O) groups is 1. The SMILES string of the molecule is O=C(NC1CC1)[C@@H](c1ccccc1)N1CCC[C@H]1c1ccc2c(c1)OCCCO2. The summed E-state index contributed by atoms with van der Waals surface area (Å²) in [5.74, 6) is 1.77. The molecule has 0 unspecified atom stereocenters. The van der Waals surface area contributed by atoms with Gasteiger partial charge in [0.2, 0.25) is 5.91 Å². The predicted molar refractivity (Wildman–Crippen MR) is 111 cm³/mol. The van der Waals surface area contributed by atoms with Crippen LogP contribution in [0.25, 0.3) is 0 Å². The van der Waals surface area contributed by atoms with Crippen molar-refractivity contribution < 1.29 is 14.3 Å². The predicted octanol–water partition coefficient (Wildman–Crippen LogP) is 4.00. The van der Waals surface area contributed by atoms with Gasteiger partial charge in [-0.3, -0.25) is 9.69 Å². The van der Waals surface area contributed by atoms with Gasteiger partial charge in [0.25, 0.3) is 0 Å². The number of nitrogens with one attached hydrogen (secondary N) is 1. The Hall–Kier alpha value is -2.53. The molecule has 0 bridgehead atoms. The van der Waals surface area contributed by atoms with Crippen LogP contribution >= 0.6 is 0 Å². The second-order valence-electron chi connectivity index (χ2n) is 8.25. The maximum absolute atomic E-state index is 13.2. The molecule has 2 aliphatic heterocycles. The number of carbonyl (C=O) groups excluding carboxylic acids is 1. The number of fused-ring (bicyclic) bond motifs is 1. The molecule has 152 valence electrons. The number of ether oxygens (including phenoxy) is 2. The summed E-state index contributed by atoms with van der Waals surface area (Å²) in [5.41, 5.74) is 2.26. The molecule has 5 nitrogen and oxygen atoms in total. The zero-order valence-corrected chi connectivity index (χ0v) is 16.7. The molecular formula is C24H28N2O3. The first-order chi connectivity index (χ1) is 14.3. The van der Waals surface area contributed by atoms with Gasteiger partial charge in [0.1, 0.15) is 6.04 Å². The number of rotatable bonds is 5. The molecule has 2 aromatic carbocycles. The minimum absolute atomic E-state index is 0.125. The second kappa shape index (κ2) is 8.07. The number of amides is 1. The molecular weight excluding hydrogens is 364 g/mol. The summed E-state index contributed by atoms with van der Waals surface area (Å²) in [6, 6.07) is 16.7. The highest BCUT2D eigenvalue weighted by molar-refractivity contribution is 5.83. The molecule has 1 amide bonds. The van der Waals surface area contributed by atoms with Crippen molar-refractivity contribution >= 4 is 5.91 Å². The Morgan fingerprint density at radius 3 is 2.55 bits per heavy atom. The molecule has 1 saturated carbocycles. The van der Waals surface area contributed by atoms with Gasteiger partial charge < -0.3 is 14.8 Å². The fourth-order valence-corrected chi connectivity index (χ4v) is 4.48. The van der Waals surface area contributed by atoms with E-state index in [1.807, 2.05) is 24.3 Å². The molecule has 5 heteroatoms. The van der Waals surface area contributed by atoms with Crippen molar-refractivity contribution in [1.82, 2.24) is 10.2 Å². The fraction of sp³-hybridized carbons (Fsp3) is 0.458. The third-order valence-corrected chi connectivity index (χ3v) is 6.07. The van der Waals surface area contributed by atoms with Crippen molar-refractivity contribution in [3.8, 4) is 11.5 Å². The van der Waals surface area contributed by atoms with Crippen molar-refractivity contribution in [3.63, 3.8) is 0 Å². The largest absolute Gasteiger partial charge is 0.490 e. The summed E-state index contributed by atoms with van der Waals surface area (Å²) in [4.78, 5) is 15.6. The third kappa shape index (κ3) is 3.97. The fourth-order valence-electron chi connectivity index (χ4n) is 4.48. The lowest BCUT2D eigenvalue weighted by Gasteiger charge is -2.33. The first-order valence-corrected chi connectivity index (χ1v) is 10.8. The minimum Gasteiger partial charge on any atom is -0.490 e. The summed E-state index contributed by atoms with van der Waals surface area (Å²) >= 11 is 0. The van der Waals surface area contributed by atoms with Crippen molar-refractivity contribution in [1.29, 1.82) is 0 Å². The first-order valence-electron chi connectivity index (χ1n) is 10.8. The van der Waals surface area contributed by atoms with Crippen molar-refractivity contribution in [2.24, 2.45) is 0 Å². The van der Waals surface area contributed by atoms with Crippen LogP contribution in [-0.2, 0) is 4.79 Å². The molecule has 2 atom stereocenters. The van der Waals surface area contributed by atoms with Crippen LogP contribution in [-0.4, -0.2) is 36.6 Å². The van der Waals surface area contributed by atoms with Gasteiger partial charge in [-0.15, -0.1) is 0 Å². The zero-order valence-electron chi connectivity index (χ0n) is 16.7. The Bertz CT molecular complexity index is 866. The molecule has 3 aliphatic rings. The van der Waals surface area contributed by atoms with Crippen LogP contribution in [0.1, 0.15) is 55.3 Å². The minimum atomic E-state index is -0.264. The van der Waals surface area contributed by atoms with E-state index < -0.39 is 0 Å². The number of benzene rings is 2. The van der Waals surface area contributed by atoms with Crippen LogP contribution in [0.2, 0.25) is 0 Å². The lowest BCUT2D eigenvalue weighted by Crippen LogP contribution is -2.41. The highest BCUT2D eigenvalue weighted by Crippen LogP contribution is 2.42. The molecule has 0 radical (unpaired) electrons. The van der Waals surface area contributed by atoms with Crippen molar-refractivity contribution in [3.05, 3.63) is 59.7 Å². The molecule has 0 spiro atoms. The van der Waals surface area contributed by atoms with E-state index in [1.165, 1.54) is 5.56 Å². The van der Waals surface area contributed by atoms with Gasteiger partial charge >= 0.3 is 0 Å². The lowest BCUT2D eigenvalue weighted by molar-refractivity contribution is -0.127. The van der Waals surface area contributed by atoms with E-state index in [0.29, 0.717) is 19.3 Å². The summed E-state index contributed by atoms with van der Waals surface area (Å²) in [6.07, 6.45) is 5.22. The smallest absolute Gasteiger partial charge is 0.242 e. The normalized spacial score (nSPS) is 22.7. The van der Waals surface area contributed by atoms with Crippen LogP contribution in [0.4, 0.5) is 0 Å². The molecule has 1 N–H and O–H groups in total. The molecule has 1 saturated heterocycles. The standard InChI is InChI=1S/C24H28N2O3/c27-24(25-19-10-11-19)23(17-6-2-1-3-7-17)26-13-4-8-20(26)18-9-12-21-22(16-18)29-15-5-14-28-21/h1-3,6-7,9,12,16,19-20,23H,4-5,8,10-11,13-15H2,(H,25,27)/t20-,23+/m0/s1. The van der Waals surface area contributed by atoms with Gasteiger partial charge in [-0.25, -0.2) is 0 Å². The first kappa shape index (κ1) is 18.5. The molecule has 5 rings (SSSR count). The Balaban J connectivity index is 1.46. The van der Waals surface area contributed by atoms with Crippen LogP contribution < -0.4 is 14.8 Å². The lowest BCUT2D eigenvalue weighted by atomic mass is 9.99. The van der Waals surface area contributed by atoms with Crippen LogP contribution in [0.5, 0.6) is 11.5 Å². The van der Waals surface area contributed by atoms with E-state index in [0.717, 1.165) is 55.7 Å². The molecule has 29 heavy (non-hydrogen) atoms. The highest BCUT2D eigenvalue weighted by atomic mass is 16.5. The van der Waals surface area contributed by atoms with Gasteiger partial charge in [-0.2, -0.15) is 0 Å². The highest BCUT2D eigenvalue weighted by Gasteiger charge is 2.38. The summed E-state index contributed by atoms with van der Waals surface area (Å²) < 4.78 is 11.7. The Morgan fingerprint density at radius 2 is 1.76 bits per heavy atom. The maximum atomic E-state index is 13.2. The van der Waals surface area contributed by atoms with E-state index in [9.17, 15) is 4.79 Å². The monoisotopic (exact) mass is 392 g/mol. The van der Waals surface area contributed by atoms with Crippen LogP contribution in [0.3, 0.4) is 0 Å². The zero-order chi connectivity index (χ0) is 19.6. The summed E-state index contributed by atoms with van der Waals surface area (Å²) in [5, 5.41) is 3.23. The van der Waals surface area contributed by atoms with Gasteiger partial charge in [0.15, 0.2) is 11.5 Å². The molecule has 2 heterocycles. The van der Waals surface area contributed by atoms with E-state index in [4.69, 9.17) is 9.47 Å². The molecule has 2 fully saturated rings. The van der Waals surface area contributed by atoms with Crippen LogP contribution in [0.15, 0.2) is 48.5 Å². The van der Waals surface area contributed by atoms with Crippen molar-refractivity contribution in [2.75, 3.05) is 19.8 Å². The van der Waals surface area contributed by atoms with Crippen molar-refractivity contribution in [2.45, 2.75) is 50.2 Å². The number of hydrogen-bond donors (Lipinski definition) is 1. The molecule has 0 aromatic heterocycles. The average molecular weight is 392 g/mol. The maximum Gasteiger partial charge on any atom is 0.242 e. The Labute approximate surface area is 172 Å². The van der Waals surface area contributed by atoms with Gasteiger partial charge in [0, 0.05) is 18.5 Å². The van der Waals surface area contributed by atoms with E-state index in [2.05, 4.69) is 34.5 Å². The Morgan fingerprint density at radius 1 is 0.966 bits per heavy atom. The third-order valence-electron chi connectivity index (χ3n) is 6.07. The van der Waals surface area contributed by atoms with E-state index in [-0.39, 0.29) is 18.0 Å². The second-order valence-corrected chi connectivity index (χ2v) is 8.25. The molecule has 1 aliphatic carbocycles. The quantitative estimate of drug-likeness (QED) is 0.836. The van der Waals surface area contributed by atoms with E-state index in [1.54, 1.807) is 0 Å². The van der Waals surface area contributed by atoms with Gasteiger partial charge in [0.05, 0.1) is 13.2 Å². The topological polar surface area (TPSA) is 50.8 Å². The van der Waals surface area contributed by atoms with Gasteiger partial charge in [-0.1, -0.05) is 36.4 Å². The molecule has 2 aromatic rings. The number of nitrogens with zero attached hydrogens (tertiary/aromatic N) is 1. The Kier molecular flexibility index (Phi) is 5.15. The summed E-state index contributed by atoms with van der Waals surface area (Å²) in [6.45, 7) is 2.29. The summed E-state index contributed by atoms with van der Waals surface area (Å²) in [7, 11) is 0. The van der Waals surface area contributed by atoms with E-state index >= 15 is 0 Å². The van der Waals surface area contributed by atoms with Gasteiger partial charge in [-0.05, 0) is 55.5 Å². The number of likely N-dealkylation sites (tertiary alicyclic amines) is 1. The number of hydrogen-bond acceptors (Lipinski definition) is 4.